The van der Waals surface area contributed by atoms with E-state index in [0.29, 0.717) is 25.3 Å². The number of hydrogen-bond acceptors (Lipinski definition) is 5. The summed E-state index contributed by atoms with van der Waals surface area (Å²) in [5, 5.41) is 12.8. The highest BCUT2D eigenvalue weighted by Gasteiger charge is 2.30. The van der Waals surface area contributed by atoms with Crippen LogP contribution < -0.4 is 10.1 Å². The normalized spacial score (nSPS) is 22.6. The lowest BCUT2D eigenvalue weighted by Gasteiger charge is -2.15. The third-order valence-electron chi connectivity index (χ3n) is 3.67. The van der Waals surface area contributed by atoms with Crippen LogP contribution in [0.3, 0.4) is 0 Å². The Bertz CT molecular complexity index is 527. The summed E-state index contributed by atoms with van der Waals surface area (Å²) in [4.78, 5) is 0. The zero-order chi connectivity index (χ0) is 14.6. The predicted molar refractivity (Wildman–Crippen MR) is 77.6 cm³/mol. The summed E-state index contributed by atoms with van der Waals surface area (Å²) < 4.78 is 28.4. The summed E-state index contributed by atoms with van der Waals surface area (Å²) in [5.41, 5.74) is 0.785. The van der Waals surface area contributed by atoms with E-state index in [0.717, 1.165) is 17.7 Å². The average molecular weight is 299 g/mol. The van der Waals surface area contributed by atoms with Crippen molar-refractivity contribution < 1.29 is 18.3 Å². The van der Waals surface area contributed by atoms with Crippen molar-refractivity contribution >= 4 is 9.84 Å². The first-order valence-electron chi connectivity index (χ1n) is 6.77. The highest BCUT2D eigenvalue weighted by molar-refractivity contribution is 7.92. The van der Waals surface area contributed by atoms with Crippen molar-refractivity contribution in [1.29, 1.82) is 0 Å². The molecule has 1 saturated heterocycles. The number of aliphatic hydroxyl groups is 1. The molecule has 112 valence electrons. The Morgan fingerprint density at radius 1 is 1.40 bits per heavy atom. The Hall–Kier alpha value is -1.11. The Balaban J connectivity index is 1.81. The molecule has 2 unspecified atom stereocenters. The lowest BCUT2D eigenvalue weighted by molar-refractivity contribution is 0.175. The van der Waals surface area contributed by atoms with Crippen LogP contribution in [0.4, 0.5) is 0 Å². The minimum Gasteiger partial charge on any atom is -0.497 e. The molecule has 0 aliphatic carbocycles. The fraction of sp³-hybridized carbons (Fsp3) is 0.571. The first-order chi connectivity index (χ1) is 9.53. The van der Waals surface area contributed by atoms with Gasteiger partial charge in [0.25, 0.3) is 0 Å². The second-order valence-corrected chi connectivity index (χ2v) is 7.48. The summed E-state index contributed by atoms with van der Waals surface area (Å²) in [7, 11) is -1.33. The summed E-state index contributed by atoms with van der Waals surface area (Å²) in [6, 6.07) is 7.19. The lowest BCUT2D eigenvalue weighted by Crippen LogP contribution is -2.33. The van der Waals surface area contributed by atoms with Crippen LogP contribution in [-0.4, -0.2) is 44.7 Å². The second-order valence-electron chi connectivity index (χ2n) is 5.08. The standard InChI is InChI=1S/C14H21NO4S/c1-19-12-6-4-11(5-7-12)14(16)10-15-9-13-3-2-8-20(13,17)18/h4-7,13-16H,2-3,8-10H2,1H3. The molecule has 0 amide bonds. The van der Waals surface area contributed by atoms with Gasteiger partial charge in [-0.3, -0.25) is 0 Å². The van der Waals surface area contributed by atoms with E-state index in [4.69, 9.17) is 4.74 Å². The van der Waals surface area contributed by atoms with E-state index in [1.54, 1.807) is 31.4 Å². The first-order valence-corrected chi connectivity index (χ1v) is 8.49. The molecule has 5 nitrogen and oxygen atoms in total. The smallest absolute Gasteiger partial charge is 0.154 e. The second kappa shape index (κ2) is 6.56. The molecule has 0 bridgehead atoms. The average Bonchev–Trinajstić information content (AvgIpc) is 2.78. The molecule has 0 spiro atoms. The molecule has 1 heterocycles. The summed E-state index contributed by atoms with van der Waals surface area (Å²) in [5.74, 6) is 1.03. The maximum Gasteiger partial charge on any atom is 0.154 e. The summed E-state index contributed by atoms with van der Waals surface area (Å²) in [6.45, 7) is 0.758. The van der Waals surface area contributed by atoms with E-state index in [2.05, 4.69) is 5.32 Å². The van der Waals surface area contributed by atoms with Crippen molar-refractivity contribution in [3.05, 3.63) is 29.8 Å². The maximum atomic E-state index is 11.7. The summed E-state index contributed by atoms with van der Waals surface area (Å²) in [6.07, 6.45) is 0.814. The maximum absolute atomic E-state index is 11.7. The topological polar surface area (TPSA) is 75.6 Å². The van der Waals surface area contributed by atoms with Crippen LogP contribution in [0.15, 0.2) is 24.3 Å². The zero-order valence-electron chi connectivity index (χ0n) is 11.6. The van der Waals surface area contributed by atoms with Crippen molar-refractivity contribution in [2.45, 2.75) is 24.2 Å². The van der Waals surface area contributed by atoms with Gasteiger partial charge in [0.2, 0.25) is 0 Å². The molecular formula is C14H21NO4S. The molecule has 1 aliphatic rings. The number of rotatable bonds is 6. The van der Waals surface area contributed by atoms with Crippen LogP contribution in [-0.2, 0) is 9.84 Å². The quantitative estimate of drug-likeness (QED) is 0.816. The van der Waals surface area contributed by atoms with E-state index >= 15 is 0 Å². The van der Waals surface area contributed by atoms with Gasteiger partial charge < -0.3 is 15.2 Å². The number of methoxy groups -OCH3 is 1. The van der Waals surface area contributed by atoms with Crippen LogP contribution >= 0.6 is 0 Å². The van der Waals surface area contributed by atoms with Crippen LogP contribution in [0.5, 0.6) is 5.75 Å². The molecular weight excluding hydrogens is 278 g/mol. The molecule has 0 radical (unpaired) electrons. The van der Waals surface area contributed by atoms with Gasteiger partial charge in [0.05, 0.1) is 24.2 Å². The molecule has 1 aromatic carbocycles. The van der Waals surface area contributed by atoms with Crippen LogP contribution in [0.1, 0.15) is 24.5 Å². The Morgan fingerprint density at radius 2 is 2.10 bits per heavy atom. The molecule has 2 atom stereocenters. The first kappa shape index (κ1) is 15.3. The monoisotopic (exact) mass is 299 g/mol. The number of nitrogens with one attached hydrogen (secondary N) is 1. The Labute approximate surface area is 119 Å². The van der Waals surface area contributed by atoms with Crippen LogP contribution in [0.2, 0.25) is 0 Å². The fourth-order valence-electron chi connectivity index (χ4n) is 2.41. The molecule has 0 aromatic heterocycles. The van der Waals surface area contributed by atoms with Crippen LogP contribution in [0, 0.1) is 0 Å². The van der Waals surface area contributed by atoms with Gasteiger partial charge in [-0.2, -0.15) is 0 Å². The van der Waals surface area contributed by atoms with E-state index in [-0.39, 0.29) is 5.25 Å². The van der Waals surface area contributed by atoms with Gasteiger partial charge in [-0.25, -0.2) is 8.42 Å². The van der Waals surface area contributed by atoms with Crippen molar-refractivity contribution in [2.75, 3.05) is 26.0 Å². The molecule has 0 saturated carbocycles. The number of hydrogen-bond donors (Lipinski definition) is 2. The van der Waals surface area contributed by atoms with Crippen molar-refractivity contribution in [3.8, 4) is 5.75 Å². The predicted octanol–water partition coefficient (Wildman–Crippen LogP) is 0.895. The van der Waals surface area contributed by atoms with Crippen molar-refractivity contribution in [3.63, 3.8) is 0 Å². The van der Waals surface area contributed by atoms with Crippen molar-refractivity contribution in [2.24, 2.45) is 0 Å². The molecule has 2 rings (SSSR count). The van der Waals surface area contributed by atoms with E-state index in [9.17, 15) is 13.5 Å². The van der Waals surface area contributed by atoms with Gasteiger partial charge in [0.15, 0.2) is 9.84 Å². The number of aliphatic hydroxyl groups excluding tert-OH is 1. The minimum absolute atomic E-state index is 0.292. The Morgan fingerprint density at radius 3 is 2.65 bits per heavy atom. The molecule has 1 aromatic rings. The lowest BCUT2D eigenvalue weighted by atomic mass is 10.1. The third-order valence-corrected chi connectivity index (χ3v) is 5.95. The van der Waals surface area contributed by atoms with E-state index in [1.165, 1.54) is 0 Å². The van der Waals surface area contributed by atoms with E-state index < -0.39 is 15.9 Å². The van der Waals surface area contributed by atoms with Crippen LogP contribution in [0.25, 0.3) is 0 Å². The van der Waals surface area contributed by atoms with Gasteiger partial charge in [0.1, 0.15) is 5.75 Å². The SMILES string of the molecule is COc1ccc(C(O)CNCC2CCCS2(=O)=O)cc1. The van der Waals surface area contributed by atoms with Gasteiger partial charge in [-0.05, 0) is 30.5 Å². The third kappa shape index (κ3) is 3.71. The highest BCUT2D eigenvalue weighted by Crippen LogP contribution is 2.20. The minimum atomic E-state index is -2.92. The zero-order valence-corrected chi connectivity index (χ0v) is 12.4. The molecule has 1 aliphatic heterocycles. The number of benzene rings is 1. The number of ether oxygens (including phenoxy) is 1. The largest absolute Gasteiger partial charge is 0.497 e. The van der Waals surface area contributed by atoms with Gasteiger partial charge in [0, 0.05) is 13.1 Å². The highest BCUT2D eigenvalue weighted by atomic mass is 32.2. The molecule has 1 fully saturated rings. The summed E-state index contributed by atoms with van der Waals surface area (Å²) >= 11 is 0. The fourth-order valence-corrected chi connectivity index (χ4v) is 4.21. The Kier molecular flexibility index (Phi) is 5.01. The molecule has 2 N–H and O–H groups in total. The van der Waals surface area contributed by atoms with Gasteiger partial charge in [-0.15, -0.1) is 0 Å². The molecule has 20 heavy (non-hydrogen) atoms. The van der Waals surface area contributed by atoms with Gasteiger partial charge in [-0.1, -0.05) is 12.1 Å². The van der Waals surface area contributed by atoms with E-state index in [1.807, 2.05) is 0 Å². The van der Waals surface area contributed by atoms with Gasteiger partial charge >= 0.3 is 0 Å². The van der Waals surface area contributed by atoms with Crippen molar-refractivity contribution in [1.82, 2.24) is 5.32 Å². The molecule has 6 heteroatoms. The number of sulfone groups is 1.